The summed E-state index contributed by atoms with van der Waals surface area (Å²) in [5.41, 5.74) is 0.346. The molecule has 2 heterocycles. The quantitative estimate of drug-likeness (QED) is 0.591. The number of ether oxygens (including phenoxy) is 2. The molecule has 0 spiro atoms. The third kappa shape index (κ3) is 4.02. The maximum Gasteiger partial charge on any atom is 0.416 e. The average Bonchev–Trinajstić information content (AvgIpc) is 2.77. The fourth-order valence-electron chi connectivity index (χ4n) is 3.25. The number of rotatable bonds is 4. The van der Waals surface area contributed by atoms with Crippen LogP contribution in [0.25, 0.3) is 11.3 Å². The van der Waals surface area contributed by atoms with E-state index in [2.05, 4.69) is 4.98 Å². The van der Waals surface area contributed by atoms with E-state index in [9.17, 15) is 21.6 Å². The van der Waals surface area contributed by atoms with Crippen LogP contribution in [0.2, 0.25) is 0 Å². The van der Waals surface area contributed by atoms with Crippen LogP contribution in [-0.4, -0.2) is 33.7 Å². The predicted molar refractivity (Wildman–Crippen MR) is 108 cm³/mol. The van der Waals surface area contributed by atoms with Gasteiger partial charge in [0.05, 0.1) is 35.5 Å². The number of hydrogen-bond acceptors (Lipinski definition) is 5. The summed E-state index contributed by atoms with van der Waals surface area (Å²) in [6, 6.07) is 13.8. The minimum atomic E-state index is -4.65. The number of benzene rings is 2. The first-order chi connectivity index (χ1) is 14.7. The van der Waals surface area contributed by atoms with Crippen LogP contribution in [0.4, 0.5) is 18.9 Å². The summed E-state index contributed by atoms with van der Waals surface area (Å²) >= 11 is 0. The molecule has 4 rings (SSSR count). The number of aromatic nitrogens is 1. The highest BCUT2D eigenvalue weighted by Gasteiger charge is 2.34. The molecular weight excluding hydrogens is 433 g/mol. The van der Waals surface area contributed by atoms with Crippen molar-refractivity contribution in [2.45, 2.75) is 11.1 Å². The topological polar surface area (TPSA) is 68.7 Å². The van der Waals surface area contributed by atoms with Crippen LogP contribution in [0.1, 0.15) is 5.56 Å². The van der Waals surface area contributed by atoms with E-state index in [1.54, 1.807) is 36.4 Å². The molecule has 6 nitrogen and oxygen atoms in total. The summed E-state index contributed by atoms with van der Waals surface area (Å²) < 4.78 is 77.5. The molecule has 1 aromatic heterocycles. The van der Waals surface area contributed by atoms with E-state index in [-0.39, 0.29) is 18.8 Å². The Morgan fingerprint density at radius 2 is 1.84 bits per heavy atom. The summed E-state index contributed by atoms with van der Waals surface area (Å²) in [6.45, 7) is 0.0303. The molecule has 0 radical (unpaired) electrons. The van der Waals surface area contributed by atoms with Gasteiger partial charge in [0.15, 0.2) is 0 Å². The van der Waals surface area contributed by atoms with Gasteiger partial charge in [-0.3, -0.25) is 4.31 Å². The largest absolute Gasteiger partial charge is 0.489 e. The van der Waals surface area contributed by atoms with Crippen LogP contribution < -0.4 is 13.8 Å². The highest BCUT2D eigenvalue weighted by atomic mass is 32.2. The van der Waals surface area contributed by atoms with Gasteiger partial charge < -0.3 is 9.47 Å². The normalized spacial score (nSPS) is 14.0. The molecule has 0 unspecified atom stereocenters. The first-order valence-electron chi connectivity index (χ1n) is 9.18. The number of methoxy groups -OCH3 is 1. The molecule has 2 aromatic carbocycles. The summed E-state index contributed by atoms with van der Waals surface area (Å²) in [5, 5.41) is 0. The first-order valence-corrected chi connectivity index (χ1v) is 10.6. The zero-order chi connectivity index (χ0) is 22.2. The Labute approximate surface area is 176 Å². The van der Waals surface area contributed by atoms with Crippen LogP contribution in [0.15, 0.2) is 65.6 Å². The summed E-state index contributed by atoms with van der Waals surface area (Å²) in [4.78, 5) is 3.89. The lowest BCUT2D eigenvalue weighted by Crippen LogP contribution is -2.38. The van der Waals surface area contributed by atoms with Gasteiger partial charge in [-0.05, 0) is 42.5 Å². The summed E-state index contributed by atoms with van der Waals surface area (Å²) in [5.74, 6) is 0.702. The highest BCUT2D eigenvalue weighted by Crippen LogP contribution is 2.39. The smallest absolute Gasteiger partial charge is 0.416 e. The number of anilines is 1. The maximum absolute atomic E-state index is 13.2. The third-order valence-electron chi connectivity index (χ3n) is 4.76. The molecule has 0 amide bonds. The van der Waals surface area contributed by atoms with Gasteiger partial charge >= 0.3 is 6.18 Å². The minimum Gasteiger partial charge on any atom is -0.489 e. The molecule has 1 aliphatic rings. The zero-order valence-corrected chi connectivity index (χ0v) is 17.1. The summed E-state index contributed by atoms with van der Waals surface area (Å²) in [6.07, 6.45) is -4.65. The van der Waals surface area contributed by atoms with Crippen molar-refractivity contribution >= 4 is 15.7 Å². The molecule has 0 fully saturated rings. The molecule has 10 heteroatoms. The van der Waals surface area contributed by atoms with E-state index in [4.69, 9.17) is 9.47 Å². The van der Waals surface area contributed by atoms with Gasteiger partial charge in [0.2, 0.25) is 5.88 Å². The van der Waals surface area contributed by atoms with Crippen molar-refractivity contribution in [2.75, 3.05) is 24.6 Å². The van der Waals surface area contributed by atoms with Gasteiger partial charge in [-0.15, -0.1) is 0 Å². The average molecular weight is 450 g/mol. The lowest BCUT2D eigenvalue weighted by molar-refractivity contribution is -0.137. The molecule has 0 saturated heterocycles. The third-order valence-corrected chi connectivity index (χ3v) is 6.57. The number of pyridine rings is 1. The number of halogens is 3. The summed E-state index contributed by atoms with van der Waals surface area (Å²) in [7, 11) is -2.78. The van der Waals surface area contributed by atoms with Crippen molar-refractivity contribution in [3.8, 4) is 22.9 Å². The Bertz CT molecular complexity index is 1230. The monoisotopic (exact) mass is 450 g/mol. The van der Waals surface area contributed by atoms with Crippen molar-refractivity contribution in [3.05, 3.63) is 66.2 Å². The maximum atomic E-state index is 13.2. The molecule has 0 N–H and O–H groups in total. The first kappa shape index (κ1) is 21.0. The molecule has 162 valence electrons. The Morgan fingerprint density at radius 1 is 1.06 bits per heavy atom. The lowest BCUT2D eigenvalue weighted by atomic mass is 10.1. The molecular formula is C21H17F3N2O4S. The second-order valence-corrected chi connectivity index (χ2v) is 8.56. The van der Waals surface area contributed by atoms with Gasteiger partial charge in [0.1, 0.15) is 12.4 Å². The van der Waals surface area contributed by atoms with Crippen molar-refractivity contribution in [1.29, 1.82) is 0 Å². The van der Waals surface area contributed by atoms with Crippen molar-refractivity contribution in [1.82, 2.24) is 4.98 Å². The molecule has 3 aromatic rings. The number of nitrogens with zero attached hydrogens (tertiary/aromatic N) is 2. The highest BCUT2D eigenvalue weighted by molar-refractivity contribution is 7.92. The fraction of sp³-hybridized carbons (Fsp3) is 0.190. The van der Waals surface area contributed by atoms with Crippen molar-refractivity contribution in [2.24, 2.45) is 0 Å². The van der Waals surface area contributed by atoms with Crippen LogP contribution in [0, 0.1) is 0 Å². The zero-order valence-electron chi connectivity index (χ0n) is 16.3. The number of sulfonamides is 1. The van der Waals surface area contributed by atoms with Gasteiger partial charge in [0, 0.05) is 11.6 Å². The molecule has 31 heavy (non-hydrogen) atoms. The van der Waals surface area contributed by atoms with E-state index in [1.807, 2.05) is 0 Å². The van der Waals surface area contributed by atoms with E-state index in [1.165, 1.54) is 7.11 Å². The van der Waals surface area contributed by atoms with Gasteiger partial charge in [-0.2, -0.15) is 13.2 Å². The Morgan fingerprint density at radius 3 is 2.58 bits per heavy atom. The van der Waals surface area contributed by atoms with Crippen LogP contribution in [-0.2, 0) is 16.2 Å². The minimum absolute atomic E-state index is 0.0411. The van der Waals surface area contributed by atoms with E-state index in [0.29, 0.717) is 29.0 Å². The predicted octanol–water partition coefficient (Wildman–Crippen LogP) is 4.36. The van der Waals surface area contributed by atoms with Gasteiger partial charge in [-0.1, -0.05) is 12.1 Å². The second kappa shape index (κ2) is 7.77. The van der Waals surface area contributed by atoms with Crippen LogP contribution in [0.3, 0.4) is 0 Å². The van der Waals surface area contributed by atoms with Gasteiger partial charge in [-0.25, -0.2) is 13.4 Å². The molecule has 0 bridgehead atoms. The Hall–Kier alpha value is -3.27. The van der Waals surface area contributed by atoms with E-state index < -0.39 is 26.7 Å². The van der Waals surface area contributed by atoms with E-state index in [0.717, 1.165) is 22.5 Å². The molecule has 0 saturated carbocycles. The number of hydrogen-bond donors (Lipinski definition) is 0. The Kier molecular flexibility index (Phi) is 5.26. The van der Waals surface area contributed by atoms with Crippen molar-refractivity contribution in [3.63, 3.8) is 0 Å². The van der Waals surface area contributed by atoms with Crippen molar-refractivity contribution < 1.29 is 31.1 Å². The SMILES string of the molecule is COc1cccc(-c2ccc3c(c2)N(S(=O)(=O)c2cccc(C(F)(F)F)c2)CCO3)n1. The Balaban J connectivity index is 1.78. The number of alkyl halides is 3. The molecule has 0 atom stereocenters. The van der Waals surface area contributed by atoms with Crippen LogP contribution >= 0.6 is 0 Å². The van der Waals surface area contributed by atoms with Crippen LogP contribution in [0.5, 0.6) is 11.6 Å². The molecule has 0 aliphatic carbocycles. The molecule has 1 aliphatic heterocycles. The lowest BCUT2D eigenvalue weighted by Gasteiger charge is -2.31. The standard InChI is InChI=1S/C21H17F3N2O4S/c1-29-20-7-3-6-17(25-20)14-8-9-19-18(12-14)26(10-11-30-19)31(27,28)16-5-2-4-15(13-16)21(22,23)24/h2-9,12-13H,10-11H2,1H3. The fourth-order valence-corrected chi connectivity index (χ4v) is 4.75. The number of fused-ring (bicyclic) bond motifs is 1. The van der Waals surface area contributed by atoms with Gasteiger partial charge in [0.25, 0.3) is 10.0 Å². The van der Waals surface area contributed by atoms with E-state index >= 15 is 0 Å². The second-order valence-electron chi connectivity index (χ2n) is 6.70.